The van der Waals surface area contributed by atoms with E-state index < -0.39 is 0 Å². The van der Waals surface area contributed by atoms with E-state index in [9.17, 15) is 4.79 Å². The number of aromatic nitrogens is 2. The molecule has 0 saturated heterocycles. The minimum Gasteiger partial charge on any atom is -0.483 e. The number of amides is 1. The van der Waals surface area contributed by atoms with Crippen LogP contribution >= 0.6 is 11.6 Å². The summed E-state index contributed by atoms with van der Waals surface area (Å²) in [5, 5.41) is 8.71. The lowest BCUT2D eigenvalue weighted by Crippen LogP contribution is -2.39. The first-order valence-electron chi connectivity index (χ1n) is 10.4. The molecule has 1 amide bonds. The lowest BCUT2D eigenvalue weighted by atomic mass is 10.0. The van der Waals surface area contributed by atoms with Gasteiger partial charge in [-0.05, 0) is 56.0 Å². The number of carbonyl (C=O) groups is 1. The van der Waals surface area contributed by atoms with Gasteiger partial charge in [0.15, 0.2) is 6.61 Å². The number of hydrogen-bond acceptors (Lipinski definition) is 5. The molecule has 0 radical (unpaired) electrons. The minimum atomic E-state index is -0.149. The van der Waals surface area contributed by atoms with E-state index in [0.717, 1.165) is 16.9 Å². The van der Waals surface area contributed by atoms with Gasteiger partial charge in [-0.15, -0.1) is 10.2 Å². The summed E-state index contributed by atoms with van der Waals surface area (Å²) in [6, 6.07) is 13.3. The Kier molecular flexibility index (Phi) is 7.33. The van der Waals surface area contributed by atoms with Crippen LogP contribution in [-0.4, -0.2) is 33.7 Å². The molecular formula is C24H28ClN3O3. The molecule has 0 N–H and O–H groups in total. The van der Waals surface area contributed by atoms with E-state index in [1.807, 2.05) is 45.0 Å². The summed E-state index contributed by atoms with van der Waals surface area (Å²) >= 11 is 6.21. The van der Waals surface area contributed by atoms with Crippen LogP contribution in [0.25, 0.3) is 11.5 Å². The van der Waals surface area contributed by atoms with Crippen molar-refractivity contribution in [3.8, 4) is 17.2 Å². The number of carbonyl (C=O) groups excluding carboxylic acids is 1. The molecule has 164 valence electrons. The van der Waals surface area contributed by atoms with Crippen molar-refractivity contribution in [2.45, 2.75) is 53.1 Å². The molecule has 0 aliphatic rings. The molecule has 3 rings (SSSR count). The average molecular weight is 442 g/mol. The molecule has 0 aliphatic heterocycles. The van der Waals surface area contributed by atoms with Gasteiger partial charge in [0.1, 0.15) is 5.75 Å². The second kappa shape index (κ2) is 9.96. The molecule has 0 atom stereocenters. The van der Waals surface area contributed by atoms with Gasteiger partial charge in [-0.3, -0.25) is 4.79 Å². The van der Waals surface area contributed by atoms with E-state index in [2.05, 4.69) is 36.2 Å². The quantitative estimate of drug-likeness (QED) is 0.452. The highest BCUT2D eigenvalue weighted by Crippen LogP contribution is 2.28. The average Bonchev–Trinajstić information content (AvgIpc) is 3.18. The Balaban J connectivity index is 1.71. The molecule has 0 bridgehead atoms. The van der Waals surface area contributed by atoms with E-state index in [0.29, 0.717) is 28.3 Å². The van der Waals surface area contributed by atoms with Crippen LogP contribution in [-0.2, 0) is 11.3 Å². The molecule has 1 heterocycles. The van der Waals surface area contributed by atoms with Crippen LogP contribution in [0.15, 0.2) is 46.9 Å². The Hall–Kier alpha value is -2.86. The first-order chi connectivity index (χ1) is 14.8. The topological polar surface area (TPSA) is 68.5 Å². The maximum atomic E-state index is 12.9. The van der Waals surface area contributed by atoms with Gasteiger partial charge in [0.2, 0.25) is 11.8 Å². The fraction of sp³-hybridized carbons (Fsp3) is 0.375. The predicted octanol–water partition coefficient (Wildman–Crippen LogP) is 5.64. The number of benzene rings is 2. The standard InChI is InChI=1S/C24H28ClN3O3/c1-15(2)18-11-10-17(5)12-21(18)30-14-23(29)28(16(3)4)13-22-26-27-24(31-22)19-8-6-7-9-20(19)25/h6-12,15-16H,13-14H2,1-5H3. The van der Waals surface area contributed by atoms with Crippen molar-refractivity contribution in [3.05, 3.63) is 64.5 Å². The number of hydrogen-bond donors (Lipinski definition) is 0. The third kappa shape index (κ3) is 5.64. The van der Waals surface area contributed by atoms with Crippen LogP contribution in [0.5, 0.6) is 5.75 Å². The van der Waals surface area contributed by atoms with E-state index in [1.54, 1.807) is 11.0 Å². The zero-order chi connectivity index (χ0) is 22.5. The highest BCUT2D eigenvalue weighted by atomic mass is 35.5. The minimum absolute atomic E-state index is 0.0613. The molecule has 1 aromatic heterocycles. The molecule has 0 fully saturated rings. The SMILES string of the molecule is Cc1ccc(C(C)C)c(OCC(=O)N(Cc2nnc(-c3ccccc3Cl)o2)C(C)C)c1. The molecule has 0 spiro atoms. The highest BCUT2D eigenvalue weighted by Gasteiger charge is 2.22. The monoisotopic (exact) mass is 441 g/mol. The third-order valence-electron chi connectivity index (χ3n) is 4.96. The molecule has 2 aromatic carbocycles. The van der Waals surface area contributed by atoms with Crippen molar-refractivity contribution in [2.24, 2.45) is 0 Å². The van der Waals surface area contributed by atoms with Crippen LogP contribution in [0.4, 0.5) is 0 Å². The molecule has 0 unspecified atom stereocenters. The summed E-state index contributed by atoms with van der Waals surface area (Å²) in [6.45, 7) is 10.2. The summed E-state index contributed by atoms with van der Waals surface area (Å²) < 4.78 is 11.7. The predicted molar refractivity (Wildman–Crippen MR) is 121 cm³/mol. The zero-order valence-corrected chi connectivity index (χ0v) is 19.3. The van der Waals surface area contributed by atoms with E-state index >= 15 is 0 Å². The second-order valence-corrected chi connectivity index (χ2v) is 8.49. The first-order valence-corrected chi connectivity index (χ1v) is 10.7. The van der Waals surface area contributed by atoms with Crippen molar-refractivity contribution in [1.29, 1.82) is 0 Å². The molecule has 7 heteroatoms. The third-order valence-corrected chi connectivity index (χ3v) is 5.29. The lowest BCUT2D eigenvalue weighted by Gasteiger charge is -2.25. The van der Waals surface area contributed by atoms with Gasteiger partial charge in [-0.25, -0.2) is 0 Å². The fourth-order valence-electron chi connectivity index (χ4n) is 3.23. The van der Waals surface area contributed by atoms with Gasteiger partial charge in [-0.1, -0.05) is 49.7 Å². The van der Waals surface area contributed by atoms with Crippen molar-refractivity contribution < 1.29 is 13.9 Å². The number of halogens is 1. The molecule has 0 aliphatic carbocycles. The number of rotatable bonds is 8. The number of ether oxygens (including phenoxy) is 1. The van der Waals surface area contributed by atoms with Crippen molar-refractivity contribution in [3.63, 3.8) is 0 Å². The summed E-state index contributed by atoms with van der Waals surface area (Å²) in [4.78, 5) is 14.6. The molecule has 3 aromatic rings. The summed E-state index contributed by atoms with van der Waals surface area (Å²) in [5.41, 5.74) is 2.83. The Labute approximate surface area is 188 Å². The number of nitrogens with zero attached hydrogens (tertiary/aromatic N) is 3. The molecule has 31 heavy (non-hydrogen) atoms. The fourth-order valence-corrected chi connectivity index (χ4v) is 3.45. The molecule has 6 nitrogen and oxygen atoms in total. The van der Waals surface area contributed by atoms with Crippen molar-refractivity contribution >= 4 is 17.5 Å². The van der Waals surface area contributed by atoms with Gasteiger partial charge in [0, 0.05) is 6.04 Å². The van der Waals surface area contributed by atoms with Crippen LogP contribution in [0.1, 0.15) is 50.6 Å². The van der Waals surface area contributed by atoms with Crippen LogP contribution in [0, 0.1) is 6.92 Å². The Morgan fingerprint density at radius 2 is 1.87 bits per heavy atom. The van der Waals surface area contributed by atoms with Crippen molar-refractivity contribution in [1.82, 2.24) is 15.1 Å². The van der Waals surface area contributed by atoms with E-state index in [-0.39, 0.29) is 25.1 Å². The Morgan fingerprint density at radius 1 is 1.13 bits per heavy atom. The van der Waals surface area contributed by atoms with Gasteiger partial charge >= 0.3 is 0 Å². The lowest BCUT2D eigenvalue weighted by molar-refractivity contribution is -0.136. The second-order valence-electron chi connectivity index (χ2n) is 8.08. The zero-order valence-electron chi connectivity index (χ0n) is 18.6. The summed E-state index contributed by atoms with van der Waals surface area (Å²) in [6.07, 6.45) is 0. The van der Waals surface area contributed by atoms with Crippen LogP contribution < -0.4 is 4.74 Å². The van der Waals surface area contributed by atoms with Crippen LogP contribution in [0.3, 0.4) is 0 Å². The van der Waals surface area contributed by atoms with Gasteiger partial charge in [0.25, 0.3) is 5.91 Å². The normalized spacial score (nSPS) is 11.2. The van der Waals surface area contributed by atoms with Crippen molar-refractivity contribution in [2.75, 3.05) is 6.61 Å². The summed E-state index contributed by atoms with van der Waals surface area (Å²) in [7, 11) is 0. The van der Waals surface area contributed by atoms with E-state index in [4.69, 9.17) is 20.8 Å². The molecular weight excluding hydrogens is 414 g/mol. The highest BCUT2D eigenvalue weighted by molar-refractivity contribution is 6.33. The van der Waals surface area contributed by atoms with Gasteiger partial charge in [0.05, 0.1) is 17.1 Å². The van der Waals surface area contributed by atoms with Crippen LogP contribution in [0.2, 0.25) is 5.02 Å². The smallest absolute Gasteiger partial charge is 0.261 e. The molecule has 0 saturated carbocycles. The van der Waals surface area contributed by atoms with Gasteiger partial charge in [-0.2, -0.15) is 0 Å². The largest absolute Gasteiger partial charge is 0.483 e. The maximum absolute atomic E-state index is 12.9. The maximum Gasteiger partial charge on any atom is 0.261 e. The van der Waals surface area contributed by atoms with E-state index in [1.165, 1.54) is 0 Å². The Morgan fingerprint density at radius 3 is 2.55 bits per heavy atom. The number of aryl methyl sites for hydroxylation is 1. The first kappa shape index (κ1) is 22.8. The van der Waals surface area contributed by atoms with Gasteiger partial charge < -0.3 is 14.1 Å². The Bertz CT molecular complexity index is 1050. The summed E-state index contributed by atoms with van der Waals surface area (Å²) in [5.74, 6) is 1.56.